The van der Waals surface area contributed by atoms with Crippen LogP contribution in [0.5, 0.6) is 0 Å². The molecule has 0 radical (unpaired) electrons. The smallest absolute Gasteiger partial charge is 0.410 e. The summed E-state index contributed by atoms with van der Waals surface area (Å²) < 4.78 is 34.4. The van der Waals surface area contributed by atoms with Crippen molar-refractivity contribution in [1.29, 1.82) is 0 Å². The number of ether oxygens (including phenoxy) is 1. The van der Waals surface area contributed by atoms with Crippen molar-refractivity contribution in [1.82, 2.24) is 18.8 Å². The van der Waals surface area contributed by atoms with Crippen LogP contribution in [0.25, 0.3) is 11.0 Å². The third-order valence-electron chi connectivity index (χ3n) is 5.95. The molecule has 3 aromatic rings. The fraction of sp³-hybridized carbons (Fsp3) is 0.458. The summed E-state index contributed by atoms with van der Waals surface area (Å²) in [6, 6.07) is 6.57. The summed E-state index contributed by atoms with van der Waals surface area (Å²) >= 11 is 2.13. The number of fused-ring (bicyclic) bond motifs is 1. The molecule has 35 heavy (non-hydrogen) atoms. The van der Waals surface area contributed by atoms with Gasteiger partial charge in [0, 0.05) is 34.9 Å². The highest BCUT2D eigenvalue weighted by Crippen LogP contribution is 2.34. The van der Waals surface area contributed by atoms with Gasteiger partial charge in [0.1, 0.15) is 17.7 Å². The molecule has 0 aliphatic carbocycles. The van der Waals surface area contributed by atoms with Gasteiger partial charge in [-0.15, -0.1) is 0 Å². The minimum atomic E-state index is -3.84. The first-order valence-electron chi connectivity index (χ1n) is 11.4. The Morgan fingerprint density at radius 1 is 1.09 bits per heavy atom. The van der Waals surface area contributed by atoms with E-state index in [1.165, 1.54) is 10.3 Å². The molecule has 1 aliphatic rings. The Hall–Kier alpha value is -2.41. The van der Waals surface area contributed by atoms with E-state index in [0.29, 0.717) is 29.9 Å². The molecule has 11 heteroatoms. The first-order chi connectivity index (χ1) is 16.3. The molecule has 4 rings (SSSR count). The monoisotopic (exact) mass is 611 g/mol. The van der Waals surface area contributed by atoms with E-state index >= 15 is 0 Å². The van der Waals surface area contributed by atoms with Crippen LogP contribution in [-0.2, 0) is 14.8 Å². The number of carbonyl (C=O) groups is 1. The van der Waals surface area contributed by atoms with E-state index in [-0.39, 0.29) is 23.1 Å². The number of aromatic nitrogens is 3. The molecular formula is C24H30IN5O4S. The van der Waals surface area contributed by atoms with Gasteiger partial charge < -0.3 is 14.5 Å². The fourth-order valence-corrected chi connectivity index (χ4v) is 6.47. The third-order valence-corrected chi connectivity index (χ3v) is 8.43. The predicted octanol–water partition coefficient (Wildman–Crippen LogP) is 4.42. The van der Waals surface area contributed by atoms with Crippen molar-refractivity contribution < 1.29 is 17.9 Å². The molecule has 1 saturated heterocycles. The Balaban J connectivity index is 1.71. The molecule has 1 aliphatic heterocycles. The summed E-state index contributed by atoms with van der Waals surface area (Å²) in [6.07, 6.45) is 2.64. The standard InChI is InChI=1S/C24H30IN5O4S/c1-15-7-9-18(10-8-15)35(32,33)30-13-19(25)20-21(26-14-27-22(20)30)28-11-17(3)29(12-16(28)2)23(31)34-24(4,5)6/h7-10,13-14,16-17H,11-12H2,1-6H3/t16-,17-/m1/s1. The molecule has 0 spiro atoms. The van der Waals surface area contributed by atoms with Crippen LogP contribution in [0, 0.1) is 10.5 Å². The number of carbonyl (C=O) groups excluding carboxylic acids is 1. The Morgan fingerprint density at radius 2 is 1.74 bits per heavy atom. The van der Waals surface area contributed by atoms with Crippen molar-refractivity contribution in [3.63, 3.8) is 0 Å². The summed E-state index contributed by atoms with van der Waals surface area (Å²) in [5, 5.41) is 0.675. The number of piperazine rings is 1. The Labute approximate surface area is 219 Å². The van der Waals surface area contributed by atoms with Gasteiger partial charge in [0.05, 0.1) is 10.3 Å². The molecule has 1 fully saturated rings. The average molecular weight is 612 g/mol. The number of anilines is 1. The topological polar surface area (TPSA) is 97.6 Å². The lowest BCUT2D eigenvalue weighted by Gasteiger charge is -2.44. The molecule has 1 aromatic carbocycles. The molecule has 0 bridgehead atoms. The number of aryl methyl sites for hydroxylation is 1. The molecule has 1 amide bonds. The van der Waals surface area contributed by atoms with E-state index in [9.17, 15) is 13.2 Å². The number of nitrogens with zero attached hydrogens (tertiary/aromatic N) is 5. The highest BCUT2D eigenvalue weighted by molar-refractivity contribution is 14.1. The van der Waals surface area contributed by atoms with Crippen LogP contribution in [0.1, 0.15) is 40.2 Å². The van der Waals surface area contributed by atoms with Crippen LogP contribution < -0.4 is 4.90 Å². The molecule has 188 valence electrons. The number of halogens is 1. The average Bonchev–Trinajstić information content (AvgIpc) is 3.12. The van der Waals surface area contributed by atoms with Crippen molar-refractivity contribution in [3.05, 3.63) is 45.9 Å². The van der Waals surface area contributed by atoms with Crippen molar-refractivity contribution in [2.24, 2.45) is 0 Å². The lowest BCUT2D eigenvalue weighted by atomic mass is 10.1. The zero-order chi connectivity index (χ0) is 25.7. The first kappa shape index (κ1) is 25.7. The van der Waals surface area contributed by atoms with Crippen LogP contribution in [0.2, 0.25) is 0 Å². The van der Waals surface area contributed by atoms with Crippen LogP contribution in [-0.4, -0.2) is 64.1 Å². The largest absolute Gasteiger partial charge is 0.444 e. The van der Waals surface area contributed by atoms with Crippen LogP contribution >= 0.6 is 22.6 Å². The maximum atomic E-state index is 13.4. The van der Waals surface area contributed by atoms with E-state index in [1.807, 2.05) is 41.5 Å². The Morgan fingerprint density at radius 3 is 2.37 bits per heavy atom. The second-order valence-electron chi connectivity index (χ2n) is 9.97. The maximum absolute atomic E-state index is 13.4. The summed E-state index contributed by atoms with van der Waals surface area (Å²) in [5.41, 5.74) is 0.737. The Bertz CT molecular complexity index is 1370. The summed E-state index contributed by atoms with van der Waals surface area (Å²) in [6.45, 7) is 12.4. The summed E-state index contributed by atoms with van der Waals surface area (Å²) in [5.74, 6) is 0.653. The van der Waals surface area contributed by atoms with Crippen LogP contribution in [0.3, 0.4) is 0 Å². The van der Waals surface area contributed by atoms with E-state index in [2.05, 4.69) is 37.5 Å². The van der Waals surface area contributed by atoms with Crippen molar-refractivity contribution in [2.45, 2.75) is 64.1 Å². The minimum absolute atomic E-state index is 0.0651. The molecule has 2 atom stereocenters. The molecule has 0 N–H and O–H groups in total. The van der Waals surface area contributed by atoms with Gasteiger partial charge in [-0.2, -0.15) is 0 Å². The van der Waals surface area contributed by atoms with Gasteiger partial charge in [0.2, 0.25) is 0 Å². The van der Waals surface area contributed by atoms with Gasteiger partial charge in [-0.3, -0.25) is 0 Å². The zero-order valence-corrected chi connectivity index (χ0v) is 23.7. The van der Waals surface area contributed by atoms with Crippen molar-refractivity contribution >= 4 is 55.6 Å². The molecular weight excluding hydrogens is 581 g/mol. The lowest BCUT2D eigenvalue weighted by molar-refractivity contribution is 0.0130. The van der Waals surface area contributed by atoms with Gasteiger partial charge in [-0.05, 0) is 76.3 Å². The van der Waals surface area contributed by atoms with Gasteiger partial charge in [0.15, 0.2) is 5.65 Å². The van der Waals surface area contributed by atoms with Gasteiger partial charge in [-0.25, -0.2) is 27.2 Å². The van der Waals surface area contributed by atoms with Crippen LogP contribution in [0.15, 0.2) is 41.7 Å². The molecule has 9 nitrogen and oxygen atoms in total. The van der Waals surface area contributed by atoms with Crippen LogP contribution in [0.4, 0.5) is 10.6 Å². The van der Waals surface area contributed by atoms with Gasteiger partial charge in [0.25, 0.3) is 10.0 Å². The number of amides is 1. The van der Waals surface area contributed by atoms with E-state index in [0.717, 1.165) is 9.13 Å². The summed E-state index contributed by atoms with van der Waals surface area (Å²) in [7, 11) is -3.84. The fourth-order valence-electron chi connectivity index (χ4n) is 4.20. The lowest BCUT2D eigenvalue weighted by Crippen LogP contribution is -2.59. The number of hydrogen-bond acceptors (Lipinski definition) is 7. The van der Waals surface area contributed by atoms with Gasteiger partial charge in [-0.1, -0.05) is 17.7 Å². The normalized spacial score (nSPS) is 19.3. The Kier molecular flexibility index (Phi) is 6.77. The zero-order valence-electron chi connectivity index (χ0n) is 20.7. The molecule has 2 aromatic heterocycles. The maximum Gasteiger partial charge on any atom is 0.410 e. The number of rotatable bonds is 3. The third kappa shape index (κ3) is 4.97. The summed E-state index contributed by atoms with van der Waals surface area (Å²) in [4.78, 5) is 25.7. The number of benzene rings is 1. The highest BCUT2D eigenvalue weighted by Gasteiger charge is 2.36. The second kappa shape index (κ2) is 9.23. The van der Waals surface area contributed by atoms with Gasteiger partial charge >= 0.3 is 6.09 Å². The van der Waals surface area contributed by atoms with E-state index in [1.54, 1.807) is 35.4 Å². The highest BCUT2D eigenvalue weighted by atomic mass is 127. The molecule has 0 saturated carbocycles. The number of hydrogen-bond donors (Lipinski definition) is 0. The SMILES string of the molecule is Cc1ccc(S(=O)(=O)n2cc(I)c3c(N4C[C@@H](C)N(C(=O)OC(C)(C)C)C[C@H]4C)ncnc32)cc1. The predicted molar refractivity (Wildman–Crippen MR) is 143 cm³/mol. The quantitative estimate of drug-likeness (QED) is 0.405. The van der Waals surface area contributed by atoms with Crippen molar-refractivity contribution in [3.8, 4) is 0 Å². The minimum Gasteiger partial charge on any atom is -0.444 e. The molecule has 3 heterocycles. The van der Waals surface area contributed by atoms with E-state index < -0.39 is 15.6 Å². The second-order valence-corrected chi connectivity index (χ2v) is 12.9. The van der Waals surface area contributed by atoms with E-state index in [4.69, 9.17) is 4.74 Å². The molecule has 0 unspecified atom stereocenters. The first-order valence-corrected chi connectivity index (χ1v) is 13.9. The van der Waals surface area contributed by atoms with Crippen molar-refractivity contribution in [2.75, 3.05) is 18.0 Å².